The van der Waals surface area contributed by atoms with Crippen LogP contribution in [0.1, 0.15) is 38.7 Å². The van der Waals surface area contributed by atoms with E-state index >= 15 is 0 Å². The molecule has 2 saturated heterocycles. The molecule has 3 atom stereocenters. The molecular weight excluding hydrogens is 407 g/mol. The average Bonchev–Trinajstić information content (AvgIpc) is 3.23. The topological polar surface area (TPSA) is 66.4 Å². The lowest BCUT2D eigenvalue weighted by Crippen LogP contribution is -2.49. The van der Waals surface area contributed by atoms with Crippen LogP contribution in [0.3, 0.4) is 0 Å². The average molecular weight is 430 g/mol. The lowest BCUT2D eigenvalue weighted by molar-refractivity contribution is 0.0530. The van der Waals surface area contributed by atoms with E-state index in [1.165, 1.54) is 12.1 Å². The maximum atomic E-state index is 13.6. The summed E-state index contributed by atoms with van der Waals surface area (Å²) in [4.78, 5) is 38.4. The summed E-state index contributed by atoms with van der Waals surface area (Å²) < 4.78 is 13.6. The summed E-state index contributed by atoms with van der Waals surface area (Å²) in [6.07, 6.45) is 5.53. The standard InChI is InChI=1S/C25H23FN4O2/c26-19-8-6-17(7-9-19)20-16-30(24(31)18-4-3-11-27-14-18)23-10-13-29(15-21(20)23)25(32)22-5-1-2-12-28-22/h1-9,11-12,14,20-21,23H,10,13,15-16H2/t20-,21-,23-/m1/s1. The second kappa shape index (κ2) is 8.49. The largest absolute Gasteiger partial charge is 0.337 e. The molecule has 2 amide bonds. The van der Waals surface area contributed by atoms with Gasteiger partial charge in [0.2, 0.25) is 0 Å². The fourth-order valence-corrected chi connectivity index (χ4v) is 5.02. The van der Waals surface area contributed by atoms with E-state index in [9.17, 15) is 14.0 Å². The molecule has 0 radical (unpaired) electrons. The normalized spacial score (nSPS) is 22.5. The van der Waals surface area contributed by atoms with Crippen molar-refractivity contribution in [3.63, 3.8) is 0 Å². The number of hydrogen-bond donors (Lipinski definition) is 0. The second-order valence-corrected chi connectivity index (χ2v) is 8.34. The van der Waals surface area contributed by atoms with Crippen molar-refractivity contribution in [3.8, 4) is 0 Å². The molecular formula is C25H23FN4O2. The van der Waals surface area contributed by atoms with Gasteiger partial charge in [-0.1, -0.05) is 18.2 Å². The molecule has 1 aromatic carbocycles. The highest BCUT2D eigenvalue weighted by molar-refractivity contribution is 5.95. The Hall–Kier alpha value is -3.61. The van der Waals surface area contributed by atoms with Gasteiger partial charge < -0.3 is 9.80 Å². The first-order valence-corrected chi connectivity index (χ1v) is 10.8. The predicted molar refractivity (Wildman–Crippen MR) is 116 cm³/mol. The Morgan fingerprint density at radius 2 is 1.78 bits per heavy atom. The minimum Gasteiger partial charge on any atom is -0.337 e. The zero-order valence-corrected chi connectivity index (χ0v) is 17.5. The van der Waals surface area contributed by atoms with Crippen molar-refractivity contribution >= 4 is 11.8 Å². The van der Waals surface area contributed by atoms with Gasteiger partial charge >= 0.3 is 0 Å². The molecule has 6 nitrogen and oxygen atoms in total. The second-order valence-electron chi connectivity index (χ2n) is 8.34. The molecule has 0 bridgehead atoms. The summed E-state index contributed by atoms with van der Waals surface area (Å²) in [5.74, 6) is -0.369. The first kappa shape index (κ1) is 20.3. The number of aromatic nitrogens is 2. The van der Waals surface area contributed by atoms with E-state index in [1.54, 1.807) is 61.1 Å². The molecule has 2 aromatic heterocycles. The number of amides is 2. The number of piperidine rings is 1. The first-order chi connectivity index (χ1) is 15.6. The molecule has 0 N–H and O–H groups in total. The molecule has 0 spiro atoms. The summed E-state index contributed by atoms with van der Waals surface area (Å²) in [5, 5.41) is 0. The number of benzene rings is 1. The van der Waals surface area contributed by atoms with Crippen LogP contribution < -0.4 is 0 Å². The lowest BCUT2D eigenvalue weighted by atomic mass is 9.81. The van der Waals surface area contributed by atoms with Crippen LogP contribution in [0.4, 0.5) is 4.39 Å². The van der Waals surface area contributed by atoms with E-state index in [4.69, 9.17) is 0 Å². The molecule has 32 heavy (non-hydrogen) atoms. The van der Waals surface area contributed by atoms with Gasteiger partial charge in [0.1, 0.15) is 11.5 Å². The van der Waals surface area contributed by atoms with E-state index in [-0.39, 0.29) is 35.5 Å². The molecule has 0 aliphatic carbocycles. The zero-order chi connectivity index (χ0) is 22.1. The number of hydrogen-bond acceptors (Lipinski definition) is 4. The highest BCUT2D eigenvalue weighted by Gasteiger charge is 2.48. The van der Waals surface area contributed by atoms with Crippen LogP contribution in [-0.2, 0) is 0 Å². The minimum absolute atomic E-state index is 0.00513. The van der Waals surface area contributed by atoms with Gasteiger partial charge in [0, 0.05) is 56.1 Å². The Morgan fingerprint density at radius 3 is 2.50 bits per heavy atom. The predicted octanol–water partition coefficient (Wildman–Crippen LogP) is 3.39. The van der Waals surface area contributed by atoms with Crippen LogP contribution in [0, 0.1) is 11.7 Å². The van der Waals surface area contributed by atoms with Crippen molar-refractivity contribution in [2.45, 2.75) is 18.4 Å². The van der Waals surface area contributed by atoms with Crippen molar-refractivity contribution in [2.24, 2.45) is 5.92 Å². The van der Waals surface area contributed by atoms with E-state index in [2.05, 4.69) is 9.97 Å². The summed E-state index contributed by atoms with van der Waals surface area (Å²) in [7, 11) is 0. The van der Waals surface area contributed by atoms with E-state index in [0.29, 0.717) is 37.3 Å². The van der Waals surface area contributed by atoms with E-state index < -0.39 is 0 Å². The van der Waals surface area contributed by atoms with Gasteiger partial charge in [0.25, 0.3) is 11.8 Å². The minimum atomic E-state index is -0.290. The van der Waals surface area contributed by atoms with Gasteiger partial charge in [-0.25, -0.2) is 4.39 Å². The highest BCUT2D eigenvalue weighted by atomic mass is 19.1. The first-order valence-electron chi connectivity index (χ1n) is 10.8. The monoisotopic (exact) mass is 430 g/mol. The molecule has 7 heteroatoms. The molecule has 2 aliphatic rings. The molecule has 162 valence electrons. The van der Waals surface area contributed by atoms with Crippen LogP contribution in [0.5, 0.6) is 0 Å². The fourth-order valence-electron chi connectivity index (χ4n) is 5.02. The molecule has 2 aliphatic heterocycles. The van der Waals surface area contributed by atoms with Crippen molar-refractivity contribution in [3.05, 3.63) is 95.8 Å². The maximum absolute atomic E-state index is 13.6. The number of halogens is 1. The lowest BCUT2D eigenvalue weighted by Gasteiger charge is -2.38. The van der Waals surface area contributed by atoms with Crippen molar-refractivity contribution in [1.29, 1.82) is 0 Å². The van der Waals surface area contributed by atoms with Gasteiger partial charge in [-0.05, 0) is 48.4 Å². The van der Waals surface area contributed by atoms with Gasteiger partial charge in [0.05, 0.1) is 5.56 Å². The molecule has 0 saturated carbocycles. The molecule has 3 aromatic rings. The third-order valence-electron chi connectivity index (χ3n) is 6.57. The Balaban J connectivity index is 1.44. The van der Waals surface area contributed by atoms with Crippen molar-refractivity contribution in [2.75, 3.05) is 19.6 Å². The number of likely N-dealkylation sites (tertiary alicyclic amines) is 2. The highest BCUT2D eigenvalue weighted by Crippen LogP contribution is 2.42. The maximum Gasteiger partial charge on any atom is 0.272 e. The van der Waals surface area contributed by atoms with Crippen molar-refractivity contribution in [1.82, 2.24) is 19.8 Å². The number of fused-ring (bicyclic) bond motifs is 1. The Labute approximate surface area is 185 Å². The number of rotatable bonds is 3. The summed E-state index contributed by atoms with van der Waals surface area (Å²) >= 11 is 0. The van der Waals surface area contributed by atoms with Crippen LogP contribution in [0.15, 0.2) is 73.2 Å². The van der Waals surface area contributed by atoms with E-state index in [1.807, 2.05) is 9.80 Å². The summed E-state index contributed by atoms with van der Waals surface area (Å²) in [5.41, 5.74) is 1.96. The Morgan fingerprint density at radius 1 is 0.938 bits per heavy atom. The third-order valence-corrected chi connectivity index (χ3v) is 6.57. The van der Waals surface area contributed by atoms with Gasteiger partial charge in [-0.2, -0.15) is 0 Å². The summed E-state index contributed by atoms with van der Waals surface area (Å²) in [6.45, 7) is 1.61. The molecule has 5 rings (SSSR count). The van der Waals surface area contributed by atoms with Crippen LogP contribution in [0.2, 0.25) is 0 Å². The smallest absolute Gasteiger partial charge is 0.272 e. The SMILES string of the molecule is O=C(c1ccccn1)N1CC[C@@H]2[C@H](C1)[C@@H](c1ccc(F)cc1)CN2C(=O)c1cccnc1. The Bertz CT molecular complexity index is 1110. The van der Waals surface area contributed by atoms with Gasteiger partial charge in [-0.3, -0.25) is 19.6 Å². The molecule has 4 heterocycles. The zero-order valence-electron chi connectivity index (χ0n) is 17.5. The summed E-state index contributed by atoms with van der Waals surface area (Å²) in [6, 6.07) is 15.3. The van der Waals surface area contributed by atoms with Crippen LogP contribution in [0.25, 0.3) is 0 Å². The van der Waals surface area contributed by atoms with Crippen molar-refractivity contribution < 1.29 is 14.0 Å². The van der Waals surface area contributed by atoms with E-state index in [0.717, 1.165) is 5.56 Å². The molecule has 2 fully saturated rings. The number of nitrogens with zero attached hydrogens (tertiary/aromatic N) is 4. The number of pyridine rings is 2. The fraction of sp³-hybridized carbons (Fsp3) is 0.280. The molecule has 0 unspecified atom stereocenters. The Kier molecular flexibility index (Phi) is 5.39. The quantitative estimate of drug-likeness (QED) is 0.639. The number of carbonyl (C=O) groups excluding carboxylic acids is 2. The van der Waals surface area contributed by atoms with Crippen LogP contribution in [-0.4, -0.2) is 57.3 Å². The van der Waals surface area contributed by atoms with Gasteiger partial charge in [0.15, 0.2) is 0 Å². The van der Waals surface area contributed by atoms with Gasteiger partial charge in [-0.15, -0.1) is 0 Å². The van der Waals surface area contributed by atoms with Crippen LogP contribution >= 0.6 is 0 Å². The number of carbonyl (C=O) groups is 2. The third kappa shape index (κ3) is 3.75.